The van der Waals surface area contributed by atoms with Crippen LogP contribution in [0.25, 0.3) is 0 Å². The number of hydrogen-bond acceptors (Lipinski definition) is 4. The third-order valence-electron chi connectivity index (χ3n) is 4.92. The van der Waals surface area contributed by atoms with Crippen molar-refractivity contribution in [1.29, 1.82) is 0 Å². The zero-order valence-electron chi connectivity index (χ0n) is 11.0. The first-order chi connectivity index (χ1) is 8.59. The standard InChI is InChI=1S/C13H24N2O2S/c16-18(17)9-3-4-12(10-18)15-8-7-14-13(11-15)5-1-2-6-13/h12,14H,1-11H2. The van der Waals surface area contributed by atoms with Crippen molar-refractivity contribution >= 4 is 9.84 Å². The second-order valence-corrected chi connectivity index (χ2v) is 8.52. The molecule has 0 radical (unpaired) electrons. The van der Waals surface area contributed by atoms with Crippen molar-refractivity contribution < 1.29 is 8.42 Å². The molecular formula is C13H24N2O2S. The third kappa shape index (κ3) is 2.58. The third-order valence-corrected chi connectivity index (χ3v) is 6.72. The van der Waals surface area contributed by atoms with Gasteiger partial charge in [0.15, 0.2) is 9.84 Å². The highest BCUT2D eigenvalue weighted by Crippen LogP contribution is 2.33. The van der Waals surface area contributed by atoms with E-state index in [9.17, 15) is 8.42 Å². The second-order valence-electron chi connectivity index (χ2n) is 6.30. The molecule has 5 heteroatoms. The van der Waals surface area contributed by atoms with Gasteiger partial charge in [0.1, 0.15) is 0 Å². The Labute approximate surface area is 110 Å². The SMILES string of the molecule is O=S1(=O)CCCC(N2CCNC3(CCCC3)C2)C1. The summed E-state index contributed by atoms with van der Waals surface area (Å²) in [6.45, 7) is 3.10. The molecule has 0 bridgehead atoms. The fourth-order valence-corrected chi connectivity index (χ4v) is 5.71. The molecule has 18 heavy (non-hydrogen) atoms. The van der Waals surface area contributed by atoms with Gasteiger partial charge in [-0.2, -0.15) is 0 Å². The van der Waals surface area contributed by atoms with Gasteiger partial charge in [0.25, 0.3) is 0 Å². The molecule has 2 aliphatic heterocycles. The first kappa shape index (κ1) is 12.9. The Morgan fingerprint density at radius 3 is 2.67 bits per heavy atom. The molecule has 0 amide bonds. The molecule has 3 fully saturated rings. The predicted octanol–water partition coefficient (Wildman–Crippen LogP) is 0.782. The molecule has 1 aliphatic carbocycles. The molecular weight excluding hydrogens is 248 g/mol. The maximum absolute atomic E-state index is 11.8. The van der Waals surface area contributed by atoms with Crippen LogP contribution in [-0.4, -0.2) is 56.0 Å². The van der Waals surface area contributed by atoms with Crippen LogP contribution in [0.15, 0.2) is 0 Å². The van der Waals surface area contributed by atoms with Crippen LogP contribution < -0.4 is 5.32 Å². The monoisotopic (exact) mass is 272 g/mol. The first-order valence-electron chi connectivity index (χ1n) is 7.28. The molecule has 2 saturated heterocycles. The van der Waals surface area contributed by atoms with Crippen molar-refractivity contribution in [2.45, 2.75) is 50.1 Å². The lowest BCUT2D eigenvalue weighted by Gasteiger charge is -2.45. The minimum Gasteiger partial charge on any atom is -0.309 e. The maximum atomic E-state index is 11.8. The van der Waals surface area contributed by atoms with Gasteiger partial charge in [-0.15, -0.1) is 0 Å². The van der Waals surface area contributed by atoms with E-state index in [0.29, 0.717) is 17.0 Å². The van der Waals surface area contributed by atoms with Crippen LogP contribution in [0.4, 0.5) is 0 Å². The van der Waals surface area contributed by atoms with E-state index >= 15 is 0 Å². The minimum absolute atomic E-state index is 0.281. The van der Waals surface area contributed by atoms with Gasteiger partial charge >= 0.3 is 0 Å². The van der Waals surface area contributed by atoms with Crippen molar-refractivity contribution in [1.82, 2.24) is 10.2 Å². The Bertz CT molecular complexity index is 401. The Balaban J connectivity index is 1.68. The first-order valence-corrected chi connectivity index (χ1v) is 9.10. The lowest BCUT2D eigenvalue weighted by molar-refractivity contribution is 0.0961. The highest BCUT2D eigenvalue weighted by Gasteiger charge is 2.40. The molecule has 2 heterocycles. The number of sulfone groups is 1. The predicted molar refractivity (Wildman–Crippen MR) is 72.5 cm³/mol. The van der Waals surface area contributed by atoms with E-state index in [1.165, 1.54) is 25.7 Å². The average Bonchev–Trinajstić information content (AvgIpc) is 2.76. The molecule has 1 N–H and O–H groups in total. The van der Waals surface area contributed by atoms with E-state index in [2.05, 4.69) is 10.2 Å². The van der Waals surface area contributed by atoms with Crippen molar-refractivity contribution in [2.75, 3.05) is 31.1 Å². The maximum Gasteiger partial charge on any atom is 0.151 e. The van der Waals surface area contributed by atoms with E-state index in [4.69, 9.17) is 0 Å². The molecule has 3 rings (SSSR count). The Morgan fingerprint density at radius 2 is 1.94 bits per heavy atom. The van der Waals surface area contributed by atoms with Crippen LogP contribution in [0, 0.1) is 0 Å². The van der Waals surface area contributed by atoms with E-state index in [1.807, 2.05) is 0 Å². The van der Waals surface area contributed by atoms with Crippen LogP contribution in [0.5, 0.6) is 0 Å². The van der Waals surface area contributed by atoms with Crippen molar-refractivity contribution in [3.8, 4) is 0 Å². The summed E-state index contributed by atoms with van der Waals surface area (Å²) < 4.78 is 23.5. The summed E-state index contributed by atoms with van der Waals surface area (Å²) >= 11 is 0. The summed E-state index contributed by atoms with van der Waals surface area (Å²) in [5, 5.41) is 3.69. The average molecular weight is 272 g/mol. The molecule has 3 aliphatic rings. The number of nitrogens with one attached hydrogen (secondary N) is 1. The summed E-state index contributed by atoms with van der Waals surface area (Å²) in [5.74, 6) is 0.795. The van der Waals surface area contributed by atoms with Crippen LogP contribution in [0.3, 0.4) is 0 Å². The molecule has 0 aromatic carbocycles. The zero-order valence-corrected chi connectivity index (χ0v) is 11.8. The van der Waals surface area contributed by atoms with E-state index in [0.717, 1.165) is 32.5 Å². The summed E-state index contributed by atoms with van der Waals surface area (Å²) in [6, 6.07) is 0.281. The quantitative estimate of drug-likeness (QED) is 0.766. The lowest BCUT2D eigenvalue weighted by Crippen LogP contribution is -2.62. The molecule has 1 saturated carbocycles. The van der Waals surface area contributed by atoms with Gasteiger partial charge < -0.3 is 5.32 Å². The van der Waals surface area contributed by atoms with Gasteiger partial charge in [-0.3, -0.25) is 4.90 Å². The summed E-state index contributed by atoms with van der Waals surface area (Å²) in [4.78, 5) is 2.46. The van der Waals surface area contributed by atoms with Crippen molar-refractivity contribution in [3.63, 3.8) is 0 Å². The van der Waals surface area contributed by atoms with Crippen molar-refractivity contribution in [2.24, 2.45) is 0 Å². The van der Waals surface area contributed by atoms with Gasteiger partial charge in [0.2, 0.25) is 0 Å². The van der Waals surface area contributed by atoms with E-state index in [-0.39, 0.29) is 6.04 Å². The van der Waals surface area contributed by atoms with Gasteiger partial charge in [-0.05, 0) is 25.7 Å². The molecule has 1 spiro atoms. The Morgan fingerprint density at radius 1 is 1.17 bits per heavy atom. The normalized spacial score (nSPS) is 35.9. The molecule has 0 aromatic rings. The smallest absolute Gasteiger partial charge is 0.151 e. The molecule has 0 aromatic heterocycles. The largest absolute Gasteiger partial charge is 0.309 e. The van der Waals surface area contributed by atoms with Crippen LogP contribution in [0.2, 0.25) is 0 Å². The van der Waals surface area contributed by atoms with Gasteiger partial charge in [-0.1, -0.05) is 12.8 Å². The number of rotatable bonds is 1. The van der Waals surface area contributed by atoms with E-state index < -0.39 is 9.84 Å². The van der Waals surface area contributed by atoms with Crippen LogP contribution in [0.1, 0.15) is 38.5 Å². The van der Waals surface area contributed by atoms with Crippen molar-refractivity contribution in [3.05, 3.63) is 0 Å². The topological polar surface area (TPSA) is 49.4 Å². The highest BCUT2D eigenvalue weighted by atomic mass is 32.2. The Hall–Kier alpha value is -0.130. The number of piperazine rings is 1. The zero-order chi connectivity index (χ0) is 12.6. The molecule has 1 atom stereocenters. The van der Waals surface area contributed by atoms with Crippen LogP contribution in [-0.2, 0) is 9.84 Å². The Kier molecular flexibility index (Phi) is 3.41. The van der Waals surface area contributed by atoms with Gasteiger partial charge in [0.05, 0.1) is 11.5 Å². The fourth-order valence-electron chi connectivity index (χ4n) is 3.97. The summed E-state index contributed by atoms with van der Waals surface area (Å²) in [5.41, 5.74) is 0.305. The molecule has 104 valence electrons. The minimum atomic E-state index is -2.78. The van der Waals surface area contributed by atoms with Gasteiger partial charge in [-0.25, -0.2) is 8.42 Å². The summed E-state index contributed by atoms with van der Waals surface area (Å²) in [6.07, 6.45) is 7.10. The lowest BCUT2D eigenvalue weighted by atomic mass is 9.93. The molecule has 1 unspecified atom stereocenters. The summed E-state index contributed by atoms with van der Waals surface area (Å²) in [7, 11) is -2.78. The fraction of sp³-hybridized carbons (Fsp3) is 1.00. The number of nitrogens with zero attached hydrogens (tertiary/aromatic N) is 1. The molecule has 4 nitrogen and oxygen atoms in total. The van der Waals surface area contributed by atoms with Gasteiger partial charge in [0, 0.05) is 31.2 Å². The number of hydrogen-bond donors (Lipinski definition) is 1. The second kappa shape index (κ2) is 4.76. The van der Waals surface area contributed by atoms with Crippen LogP contribution >= 0.6 is 0 Å². The van der Waals surface area contributed by atoms with E-state index in [1.54, 1.807) is 0 Å². The highest BCUT2D eigenvalue weighted by molar-refractivity contribution is 7.91.